The third-order valence-electron chi connectivity index (χ3n) is 3.07. The van der Waals surface area contributed by atoms with Gasteiger partial charge in [0.25, 0.3) is 0 Å². The van der Waals surface area contributed by atoms with E-state index in [-0.39, 0.29) is 6.04 Å². The van der Waals surface area contributed by atoms with Crippen molar-refractivity contribution in [2.45, 2.75) is 25.9 Å². The van der Waals surface area contributed by atoms with E-state index in [4.69, 9.17) is 13.9 Å². The Kier molecular flexibility index (Phi) is 5.01. The maximum atomic E-state index is 5.36. The van der Waals surface area contributed by atoms with Crippen molar-refractivity contribution in [3.63, 3.8) is 0 Å². The van der Waals surface area contributed by atoms with Crippen molar-refractivity contribution in [3.8, 4) is 11.5 Å². The van der Waals surface area contributed by atoms with Crippen LogP contribution < -0.4 is 14.8 Å². The van der Waals surface area contributed by atoms with Crippen LogP contribution in [-0.2, 0) is 13.0 Å². The Morgan fingerprint density at radius 3 is 2.80 bits per heavy atom. The Morgan fingerprint density at radius 1 is 1.30 bits per heavy atom. The van der Waals surface area contributed by atoms with Gasteiger partial charge >= 0.3 is 0 Å². The van der Waals surface area contributed by atoms with Crippen LogP contribution >= 0.6 is 0 Å². The number of rotatable bonds is 7. The van der Waals surface area contributed by atoms with Crippen molar-refractivity contribution in [1.82, 2.24) is 10.3 Å². The number of hydrogen-bond acceptors (Lipinski definition) is 5. The highest BCUT2D eigenvalue weighted by Gasteiger charge is 2.12. The van der Waals surface area contributed by atoms with Gasteiger partial charge in [-0.1, -0.05) is 0 Å². The van der Waals surface area contributed by atoms with E-state index in [1.54, 1.807) is 32.7 Å². The maximum absolute atomic E-state index is 5.36. The molecule has 0 aromatic carbocycles. The largest absolute Gasteiger partial charge is 0.493 e. The van der Waals surface area contributed by atoms with Crippen LogP contribution in [0.25, 0.3) is 0 Å². The molecule has 0 fully saturated rings. The molecule has 0 spiro atoms. The van der Waals surface area contributed by atoms with E-state index in [9.17, 15) is 0 Å². The number of nitrogens with zero attached hydrogens (tertiary/aromatic N) is 1. The van der Waals surface area contributed by atoms with Crippen LogP contribution in [0.2, 0.25) is 0 Å². The number of methoxy groups -OCH3 is 2. The SMILES string of the molecule is COc1ccnc(CNC(C)Cc2ccco2)c1OC. The highest BCUT2D eigenvalue weighted by Crippen LogP contribution is 2.28. The molecule has 5 heteroatoms. The van der Waals surface area contributed by atoms with Crippen molar-refractivity contribution in [2.75, 3.05) is 14.2 Å². The fourth-order valence-electron chi connectivity index (χ4n) is 2.05. The first kappa shape index (κ1) is 14.4. The zero-order valence-corrected chi connectivity index (χ0v) is 12.1. The lowest BCUT2D eigenvalue weighted by molar-refractivity contribution is 0.347. The van der Waals surface area contributed by atoms with Gasteiger partial charge in [-0.15, -0.1) is 0 Å². The molecular formula is C15H20N2O3. The number of ether oxygens (including phenoxy) is 2. The Bertz CT molecular complexity index is 526. The molecule has 0 radical (unpaired) electrons. The molecule has 0 aliphatic carbocycles. The zero-order valence-electron chi connectivity index (χ0n) is 12.1. The fourth-order valence-corrected chi connectivity index (χ4v) is 2.05. The molecule has 0 amide bonds. The molecule has 0 aliphatic rings. The van der Waals surface area contributed by atoms with Crippen LogP contribution in [0, 0.1) is 0 Å². The quantitative estimate of drug-likeness (QED) is 0.841. The number of pyridine rings is 1. The molecule has 20 heavy (non-hydrogen) atoms. The van der Waals surface area contributed by atoms with E-state index >= 15 is 0 Å². The summed E-state index contributed by atoms with van der Waals surface area (Å²) >= 11 is 0. The summed E-state index contributed by atoms with van der Waals surface area (Å²) in [6, 6.07) is 5.94. The molecular weight excluding hydrogens is 256 g/mol. The average molecular weight is 276 g/mol. The second-order valence-corrected chi connectivity index (χ2v) is 4.56. The molecule has 2 rings (SSSR count). The van der Waals surface area contributed by atoms with Gasteiger partial charge in [-0.25, -0.2) is 0 Å². The molecule has 1 unspecified atom stereocenters. The van der Waals surface area contributed by atoms with Crippen molar-refractivity contribution in [2.24, 2.45) is 0 Å². The Hall–Kier alpha value is -2.01. The minimum Gasteiger partial charge on any atom is -0.493 e. The molecule has 2 heterocycles. The zero-order chi connectivity index (χ0) is 14.4. The van der Waals surface area contributed by atoms with Gasteiger partial charge in [0, 0.05) is 31.3 Å². The summed E-state index contributed by atoms with van der Waals surface area (Å²) in [5, 5.41) is 3.41. The summed E-state index contributed by atoms with van der Waals surface area (Å²) < 4.78 is 16.0. The molecule has 1 N–H and O–H groups in total. The standard InChI is InChI=1S/C15H20N2O3/c1-11(9-12-5-4-8-20-12)17-10-13-15(19-3)14(18-2)6-7-16-13/h4-8,11,17H,9-10H2,1-3H3. The summed E-state index contributed by atoms with van der Waals surface area (Å²) in [5.41, 5.74) is 0.832. The molecule has 2 aromatic rings. The van der Waals surface area contributed by atoms with Gasteiger partial charge in [0.15, 0.2) is 11.5 Å². The van der Waals surface area contributed by atoms with Crippen molar-refractivity contribution in [1.29, 1.82) is 0 Å². The van der Waals surface area contributed by atoms with E-state index in [2.05, 4.69) is 17.2 Å². The monoisotopic (exact) mass is 276 g/mol. The van der Waals surface area contributed by atoms with E-state index in [0.29, 0.717) is 18.0 Å². The van der Waals surface area contributed by atoms with Gasteiger partial charge < -0.3 is 19.2 Å². The molecule has 0 aliphatic heterocycles. The topological polar surface area (TPSA) is 56.5 Å². The number of hydrogen-bond donors (Lipinski definition) is 1. The first-order valence-electron chi connectivity index (χ1n) is 6.56. The summed E-state index contributed by atoms with van der Waals surface area (Å²) in [5.74, 6) is 2.33. The number of nitrogens with one attached hydrogen (secondary N) is 1. The van der Waals surface area contributed by atoms with Gasteiger partial charge in [0.05, 0.1) is 26.2 Å². The fraction of sp³-hybridized carbons (Fsp3) is 0.400. The van der Waals surface area contributed by atoms with E-state index in [1.165, 1.54) is 0 Å². The second kappa shape index (κ2) is 6.96. The predicted octanol–water partition coefficient (Wildman–Crippen LogP) is 2.41. The first-order valence-corrected chi connectivity index (χ1v) is 6.56. The maximum Gasteiger partial charge on any atom is 0.183 e. The van der Waals surface area contributed by atoms with Crippen LogP contribution in [0.4, 0.5) is 0 Å². The Labute approximate surface area is 118 Å². The van der Waals surface area contributed by atoms with Gasteiger partial charge in [0.2, 0.25) is 0 Å². The van der Waals surface area contributed by atoms with E-state index in [1.807, 2.05) is 12.1 Å². The van der Waals surface area contributed by atoms with Gasteiger partial charge in [-0.2, -0.15) is 0 Å². The Morgan fingerprint density at radius 2 is 2.15 bits per heavy atom. The lowest BCUT2D eigenvalue weighted by Gasteiger charge is -2.15. The normalized spacial score (nSPS) is 12.2. The molecule has 2 aromatic heterocycles. The molecule has 0 saturated carbocycles. The molecule has 0 bridgehead atoms. The summed E-state index contributed by atoms with van der Waals surface area (Å²) in [4.78, 5) is 4.34. The summed E-state index contributed by atoms with van der Waals surface area (Å²) in [6.07, 6.45) is 4.24. The van der Waals surface area contributed by atoms with Crippen molar-refractivity contribution >= 4 is 0 Å². The summed E-state index contributed by atoms with van der Waals surface area (Å²) in [6.45, 7) is 2.72. The predicted molar refractivity (Wildman–Crippen MR) is 76.1 cm³/mol. The average Bonchev–Trinajstić information content (AvgIpc) is 2.97. The number of aromatic nitrogens is 1. The van der Waals surface area contributed by atoms with Crippen LogP contribution in [0.3, 0.4) is 0 Å². The van der Waals surface area contributed by atoms with Crippen LogP contribution in [0.15, 0.2) is 35.1 Å². The lowest BCUT2D eigenvalue weighted by Crippen LogP contribution is -2.28. The highest BCUT2D eigenvalue weighted by atomic mass is 16.5. The van der Waals surface area contributed by atoms with Gasteiger partial charge in [-0.05, 0) is 19.1 Å². The third kappa shape index (κ3) is 3.51. The minimum absolute atomic E-state index is 0.277. The summed E-state index contributed by atoms with van der Waals surface area (Å²) in [7, 11) is 3.24. The molecule has 5 nitrogen and oxygen atoms in total. The smallest absolute Gasteiger partial charge is 0.183 e. The molecule has 108 valence electrons. The van der Waals surface area contributed by atoms with Crippen LogP contribution in [-0.4, -0.2) is 25.2 Å². The number of furan rings is 1. The lowest BCUT2D eigenvalue weighted by atomic mass is 10.2. The first-order chi connectivity index (χ1) is 9.74. The van der Waals surface area contributed by atoms with Gasteiger partial charge in [0.1, 0.15) is 5.76 Å². The van der Waals surface area contributed by atoms with Crippen LogP contribution in [0.1, 0.15) is 18.4 Å². The minimum atomic E-state index is 0.277. The van der Waals surface area contributed by atoms with E-state index in [0.717, 1.165) is 17.9 Å². The van der Waals surface area contributed by atoms with E-state index < -0.39 is 0 Å². The molecule has 0 saturated heterocycles. The molecule has 1 atom stereocenters. The second-order valence-electron chi connectivity index (χ2n) is 4.56. The highest BCUT2D eigenvalue weighted by molar-refractivity contribution is 5.42. The third-order valence-corrected chi connectivity index (χ3v) is 3.07. The van der Waals surface area contributed by atoms with Crippen molar-refractivity contribution in [3.05, 3.63) is 42.1 Å². The van der Waals surface area contributed by atoms with Crippen molar-refractivity contribution < 1.29 is 13.9 Å². The van der Waals surface area contributed by atoms with Gasteiger partial charge in [-0.3, -0.25) is 4.98 Å². The van der Waals surface area contributed by atoms with Crippen LogP contribution in [0.5, 0.6) is 11.5 Å². The Balaban J connectivity index is 1.96.